The number of piperazine rings is 1. The maximum Gasteiger partial charge on any atom is 0.321 e. The number of ether oxygens (including phenoxy) is 1. The molecule has 2 heterocycles. The van der Waals surface area contributed by atoms with Gasteiger partial charge in [0.05, 0.1) is 12.7 Å². The molecule has 128 valence electrons. The summed E-state index contributed by atoms with van der Waals surface area (Å²) >= 11 is 0. The van der Waals surface area contributed by atoms with Gasteiger partial charge in [-0.05, 0) is 36.4 Å². The van der Waals surface area contributed by atoms with Crippen LogP contribution in [0, 0.1) is 11.3 Å². The summed E-state index contributed by atoms with van der Waals surface area (Å²) < 4.78 is 5.11. The highest BCUT2D eigenvalue weighted by Crippen LogP contribution is 2.17. The van der Waals surface area contributed by atoms with Gasteiger partial charge in [0.15, 0.2) is 0 Å². The summed E-state index contributed by atoms with van der Waals surface area (Å²) in [5, 5.41) is 11.7. The van der Waals surface area contributed by atoms with Crippen LogP contribution in [0.15, 0.2) is 42.6 Å². The molecule has 1 aliphatic heterocycles. The van der Waals surface area contributed by atoms with Crippen LogP contribution in [0.2, 0.25) is 0 Å². The van der Waals surface area contributed by atoms with E-state index in [0.29, 0.717) is 31.7 Å². The molecule has 0 radical (unpaired) electrons. The van der Waals surface area contributed by atoms with Gasteiger partial charge in [0, 0.05) is 38.1 Å². The van der Waals surface area contributed by atoms with E-state index >= 15 is 0 Å². The van der Waals surface area contributed by atoms with Gasteiger partial charge >= 0.3 is 6.03 Å². The Morgan fingerprint density at radius 2 is 1.88 bits per heavy atom. The fourth-order valence-corrected chi connectivity index (χ4v) is 2.65. The molecule has 1 N–H and O–H groups in total. The first-order valence-electron chi connectivity index (χ1n) is 8.00. The fourth-order valence-electron chi connectivity index (χ4n) is 2.65. The summed E-state index contributed by atoms with van der Waals surface area (Å²) in [5.41, 5.74) is 1.28. The lowest BCUT2D eigenvalue weighted by Crippen LogP contribution is -2.50. The quantitative estimate of drug-likeness (QED) is 0.929. The first-order valence-corrected chi connectivity index (χ1v) is 8.00. The minimum Gasteiger partial charge on any atom is -0.497 e. The molecule has 1 aliphatic rings. The van der Waals surface area contributed by atoms with Crippen molar-refractivity contribution in [3.63, 3.8) is 0 Å². The second-order valence-electron chi connectivity index (χ2n) is 5.65. The molecule has 25 heavy (non-hydrogen) atoms. The number of hydrogen-bond donors (Lipinski definition) is 1. The van der Waals surface area contributed by atoms with Crippen molar-refractivity contribution in [3.8, 4) is 11.8 Å². The average Bonchev–Trinajstić information content (AvgIpc) is 2.69. The number of methoxy groups -OCH3 is 1. The highest BCUT2D eigenvalue weighted by atomic mass is 16.5. The molecule has 7 heteroatoms. The van der Waals surface area contributed by atoms with Gasteiger partial charge in [-0.15, -0.1) is 0 Å². The standard InChI is InChI=1S/C18H19N5O2/c1-25-16-5-3-15(4-6-16)21-18(24)23-10-8-22(9-11-23)17-7-2-14(12-19)13-20-17/h2-7,13H,8-11H2,1H3,(H,21,24). The van der Waals surface area contributed by atoms with E-state index in [9.17, 15) is 4.79 Å². The number of hydrogen-bond acceptors (Lipinski definition) is 5. The second-order valence-corrected chi connectivity index (χ2v) is 5.65. The molecule has 0 saturated carbocycles. The highest BCUT2D eigenvalue weighted by Gasteiger charge is 2.21. The number of pyridine rings is 1. The Labute approximate surface area is 146 Å². The van der Waals surface area contributed by atoms with Gasteiger partial charge < -0.3 is 19.9 Å². The van der Waals surface area contributed by atoms with Crippen LogP contribution in [-0.4, -0.2) is 49.2 Å². The van der Waals surface area contributed by atoms with Gasteiger partial charge in [0.2, 0.25) is 0 Å². The summed E-state index contributed by atoms with van der Waals surface area (Å²) in [4.78, 5) is 20.6. The fraction of sp³-hybridized carbons (Fsp3) is 0.278. The number of urea groups is 1. The van der Waals surface area contributed by atoms with E-state index in [2.05, 4.69) is 21.3 Å². The zero-order chi connectivity index (χ0) is 17.6. The molecule has 0 atom stereocenters. The molecule has 7 nitrogen and oxygen atoms in total. The topological polar surface area (TPSA) is 81.5 Å². The molecular weight excluding hydrogens is 318 g/mol. The molecule has 0 aliphatic carbocycles. The predicted octanol–water partition coefficient (Wildman–Crippen LogP) is 2.32. The summed E-state index contributed by atoms with van der Waals surface area (Å²) in [6.07, 6.45) is 1.57. The van der Waals surface area contributed by atoms with Crippen LogP contribution in [0.3, 0.4) is 0 Å². The van der Waals surface area contributed by atoms with Crippen LogP contribution < -0.4 is 15.0 Å². The monoisotopic (exact) mass is 337 g/mol. The van der Waals surface area contributed by atoms with E-state index in [-0.39, 0.29) is 6.03 Å². The van der Waals surface area contributed by atoms with E-state index in [1.54, 1.807) is 24.3 Å². The van der Waals surface area contributed by atoms with Gasteiger partial charge in [-0.2, -0.15) is 5.26 Å². The number of amides is 2. The van der Waals surface area contributed by atoms with Crippen molar-refractivity contribution in [2.45, 2.75) is 0 Å². The van der Waals surface area contributed by atoms with Crippen LogP contribution >= 0.6 is 0 Å². The molecule has 0 bridgehead atoms. The Bertz CT molecular complexity index is 760. The predicted molar refractivity (Wildman–Crippen MR) is 94.8 cm³/mol. The van der Waals surface area contributed by atoms with Crippen LogP contribution in [0.4, 0.5) is 16.3 Å². The van der Waals surface area contributed by atoms with Crippen molar-refractivity contribution in [2.75, 3.05) is 43.5 Å². The van der Waals surface area contributed by atoms with Gasteiger partial charge in [-0.25, -0.2) is 9.78 Å². The third-order valence-corrected chi connectivity index (χ3v) is 4.11. The third kappa shape index (κ3) is 3.98. The number of carbonyl (C=O) groups excluding carboxylic acids is 1. The lowest BCUT2D eigenvalue weighted by molar-refractivity contribution is 0.208. The summed E-state index contributed by atoms with van der Waals surface area (Å²) in [6, 6.07) is 12.8. The summed E-state index contributed by atoms with van der Waals surface area (Å²) in [7, 11) is 1.61. The molecule has 1 aromatic heterocycles. The van der Waals surface area contributed by atoms with E-state index in [4.69, 9.17) is 10.00 Å². The van der Waals surface area contributed by atoms with Gasteiger partial charge in [-0.3, -0.25) is 0 Å². The number of rotatable bonds is 3. The number of benzene rings is 1. The van der Waals surface area contributed by atoms with Crippen molar-refractivity contribution in [2.24, 2.45) is 0 Å². The van der Waals surface area contributed by atoms with E-state index in [1.165, 1.54) is 0 Å². The van der Waals surface area contributed by atoms with Crippen molar-refractivity contribution < 1.29 is 9.53 Å². The number of anilines is 2. The van der Waals surface area contributed by atoms with Gasteiger partial charge in [-0.1, -0.05) is 0 Å². The van der Waals surface area contributed by atoms with Crippen molar-refractivity contribution in [1.82, 2.24) is 9.88 Å². The van der Waals surface area contributed by atoms with E-state index in [0.717, 1.165) is 17.3 Å². The van der Waals surface area contributed by atoms with Crippen LogP contribution in [-0.2, 0) is 0 Å². The molecule has 1 aromatic carbocycles. The number of nitrogens with zero attached hydrogens (tertiary/aromatic N) is 4. The van der Waals surface area contributed by atoms with Crippen LogP contribution in [0.1, 0.15) is 5.56 Å². The lowest BCUT2D eigenvalue weighted by Gasteiger charge is -2.35. The molecule has 2 amide bonds. The second kappa shape index (κ2) is 7.53. The Kier molecular flexibility index (Phi) is 5.00. The van der Waals surface area contributed by atoms with Crippen LogP contribution in [0.25, 0.3) is 0 Å². The van der Waals surface area contributed by atoms with Gasteiger partial charge in [0.1, 0.15) is 17.6 Å². The number of nitriles is 1. The first kappa shape index (κ1) is 16.6. The normalized spacial score (nSPS) is 13.9. The average molecular weight is 337 g/mol. The van der Waals surface area contributed by atoms with Crippen molar-refractivity contribution >= 4 is 17.5 Å². The van der Waals surface area contributed by atoms with Crippen molar-refractivity contribution in [3.05, 3.63) is 48.2 Å². The first-order chi connectivity index (χ1) is 12.2. The smallest absolute Gasteiger partial charge is 0.321 e. The maximum absolute atomic E-state index is 12.4. The minimum absolute atomic E-state index is 0.113. The Morgan fingerprint density at radius 3 is 2.44 bits per heavy atom. The van der Waals surface area contributed by atoms with Crippen LogP contribution in [0.5, 0.6) is 5.75 Å². The molecule has 0 unspecified atom stereocenters. The number of nitrogens with one attached hydrogen (secondary N) is 1. The largest absolute Gasteiger partial charge is 0.497 e. The SMILES string of the molecule is COc1ccc(NC(=O)N2CCN(c3ccc(C#N)cn3)CC2)cc1. The van der Waals surface area contributed by atoms with E-state index < -0.39 is 0 Å². The number of carbonyl (C=O) groups is 1. The summed E-state index contributed by atoms with van der Waals surface area (Å²) in [6.45, 7) is 2.64. The van der Waals surface area contributed by atoms with Gasteiger partial charge in [0.25, 0.3) is 0 Å². The molecule has 2 aromatic rings. The Morgan fingerprint density at radius 1 is 1.16 bits per heavy atom. The molecule has 1 saturated heterocycles. The molecule has 3 rings (SSSR count). The maximum atomic E-state index is 12.4. The lowest BCUT2D eigenvalue weighted by atomic mass is 10.2. The zero-order valence-corrected chi connectivity index (χ0v) is 14.0. The van der Waals surface area contributed by atoms with Crippen molar-refractivity contribution in [1.29, 1.82) is 5.26 Å². The molecular formula is C18H19N5O2. The Hall–Kier alpha value is -3.27. The zero-order valence-electron chi connectivity index (χ0n) is 14.0. The summed E-state index contributed by atoms with van der Waals surface area (Å²) in [5.74, 6) is 1.58. The Balaban J connectivity index is 1.53. The molecule has 0 spiro atoms. The minimum atomic E-state index is -0.113. The number of aromatic nitrogens is 1. The third-order valence-electron chi connectivity index (χ3n) is 4.11. The van der Waals surface area contributed by atoms with E-state index in [1.807, 2.05) is 30.3 Å². The molecule has 1 fully saturated rings. The highest BCUT2D eigenvalue weighted by molar-refractivity contribution is 5.89.